The van der Waals surface area contributed by atoms with E-state index in [9.17, 15) is 27.4 Å². The largest absolute Gasteiger partial charge is 0.748 e. The highest BCUT2D eigenvalue weighted by Gasteiger charge is 2.70. The van der Waals surface area contributed by atoms with E-state index in [-0.39, 0.29) is 22.4 Å². The Kier molecular flexibility index (Phi) is 9.57. The molecule has 6 rings (SSSR count). The van der Waals surface area contributed by atoms with Gasteiger partial charge < -0.3 is 18.8 Å². The van der Waals surface area contributed by atoms with Crippen molar-refractivity contribution in [3.63, 3.8) is 0 Å². The first-order valence-electron chi connectivity index (χ1n) is 14.1. The fourth-order valence-electron chi connectivity index (χ4n) is 6.11. The minimum absolute atomic E-state index is 0.0146. The summed E-state index contributed by atoms with van der Waals surface area (Å²) in [6, 6.07) is 32.2. The van der Waals surface area contributed by atoms with Crippen LogP contribution in [0.1, 0.15) is 13.3 Å². The maximum absolute atomic E-state index is 12.3. The summed E-state index contributed by atoms with van der Waals surface area (Å²) in [4.78, 5) is 40.3. The zero-order valence-corrected chi connectivity index (χ0v) is 25.6. The van der Waals surface area contributed by atoms with Crippen molar-refractivity contribution in [2.45, 2.75) is 40.2 Å². The molecule has 1 aliphatic heterocycles. The van der Waals surface area contributed by atoms with Crippen LogP contribution in [0, 0.1) is 23.7 Å². The Bertz CT molecular complexity index is 1520. The van der Waals surface area contributed by atoms with E-state index in [2.05, 4.69) is 97.6 Å². The standard InChI is InChI=1S/C18H15S.C15H18O9S/c1-4-10-16(11-5-1)19(17-12-6-2-7-13-17)18-14-8-3-9-15-18;1-6(2)13(16)23-11-7-5-8-10(15(18)24-12(8)11)9(7)14(17)22-3-4-25(19,20)21/h1-15H;7-12H,1,3-5H2,2H3,(H,19,20,21)/q+1;/p-1. The van der Waals surface area contributed by atoms with Crippen LogP contribution in [0.3, 0.4) is 0 Å². The highest BCUT2D eigenvalue weighted by Crippen LogP contribution is 2.59. The number of fused-ring (bicyclic) bond motifs is 1. The van der Waals surface area contributed by atoms with Crippen molar-refractivity contribution in [2.24, 2.45) is 23.7 Å². The third-order valence-electron chi connectivity index (χ3n) is 7.92. The Hall–Kier alpha value is -3.93. The predicted octanol–water partition coefficient (Wildman–Crippen LogP) is 4.15. The molecule has 44 heavy (non-hydrogen) atoms. The molecule has 6 unspecified atom stereocenters. The summed E-state index contributed by atoms with van der Waals surface area (Å²) in [5.41, 5.74) is 0.184. The van der Waals surface area contributed by atoms with Crippen LogP contribution in [0.5, 0.6) is 0 Å². The van der Waals surface area contributed by atoms with Gasteiger partial charge in [0.25, 0.3) is 0 Å². The van der Waals surface area contributed by atoms with Crippen molar-refractivity contribution in [1.29, 1.82) is 0 Å². The van der Waals surface area contributed by atoms with E-state index >= 15 is 0 Å². The van der Waals surface area contributed by atoms with Gasteiger partial charge in [-0.2, -0.15) is 0 Å². The van der Waals surface area contributed by atoms with Crippen LogP contribution in [0.2, 0.25) is 0 Å². The van der Waals surface area contributed by atoms with E-state index in [1.54, 1.807) is 0 Å². The van der Waals surface area contributed by atoms with E-state index in [1.165, 1.54) is 21.6 Å². The Balaban J connectivity index is 0.000000181. The summed E-state index contributed by atoms with van der Waals surface area (Å²) >= 11 is 0. The van der Waals surface area contributed by atoms with E-state index in [0.717, 1.165) is 0 Å². The van der Waals surface area contributed by atoms with Gasteiger partial charge in [0, 0.05) is 17.4 Å². The highest BCUT2D eigenvalue weighted by molar-refractivity contribution is 7.97. The molecule has 2 aliphatic carbocycles. The lowest BCUT2D eigenvalue weighted by atomic mass is 9.78. The van der Waals surface area contributed by atoms with E-state index in [1.807, 2.05) is 0 Å². The number of rotatable bonds is 9. The average molecular weight is 637 g/mol. The van der Waals surface area contributed by atoms with E-state index < -0.39 is 70.3 Å². The first-order valence-corrected chi connectivity index (χ1v) is 16.9. The molecule has 0 radical (unpaired) electrons. The number of esters is 3. The van der Waals surface area contributed by atoms with Gasteiger partial charge in [0.2, 0.25) is 0 Å². The number of benzene rings is 3. The lowest BCUT2D eigenvalue weighted by Crippen LogP contribution is -2.44. The van der Waals surface area contributed by atoms with Gasteiger partial charge in [-0.1, -0.05) is 61.2 Å². The normalized spacial score (nSPS) is 24.7. The topological polar surface area (TPSA) is 136 Å². The molecule has 11 heteroatoms. The predicted molar refractivity (Wildman–Crippen MR) is 160 cm³/mol. The SMILES string of the molecule is C=C(C)C(=O)OC1C2CC3C1OC(=O)C3C2C(=O)OCCS(=O)(=O)[O-].c1ccc([S+](c2ccccc2)c2ccccc2)cc1. The van der Waals surface area contributed by atoms with Crippen molar-refractivity contribution < 1.29 is 41.6 Å². The van der Waals surface area contributed by atoms with Crippen molar-refractivity contribution in [3.05, 3.63) is 103 Å². The van der Waals surface area contributed by atoms with Gasteiger partial charge in [-0.15, -0.1) is 0 Å². The molecular formula is C33H32O9S2. The monoisotopic (exact) mass is 636 g/mol. The van der Waals surface area contributed by atoms with Gasteiger partial charge in [0.05, 0.1) is 38.6 Å². The molecule has 1 heterocycles. The molecule has 3 fully saturated rings. The van der Waals surface area contributed by atoms with Crippen molar-refractivity contribution >= 4 is 38.9 Å². The molecule has 9 nitrogen and oxygen atoms in total. The summed E-state index contributed by atoms with van der Waals surface area (Å²) in [5.74, 6) is -5.08. The number of hydrogen-bond donors (Lipinski definition) is 0. The van der Waals surface area contributed by atoms with Crippen LogP contribution in [-0.4, -0.2) is 55.4 Å². The summed E-state index contributed by atoms with van der Waals surface area (Å²) in [5, 5.41) is 0. The smallest absolute Gasteiger partial charge is 0.333 e. The van der Waals surface area contributed by atoms with Gasteiger partial charge in [-0.05, 0) is 49.7 Å². The Morgan fingerprint density at radius 3 is 1.86 bits per heavy atom. The van der Waals surface area contributed by atoms with E-state index in [0.29, 0.717) is 6.42 Å². The average Bonchev–Trinajstić information content (AvgIpc) is 3.63. The highest BCUT2D eigenvalue weighted by atomic mass is 32.2. The Morgan fingerprint density at radius 1 is 0.909 bits per heavy atom. The molecular weight excluding hydrogens is 604 g/mol. The van der Waals surface area contributed by atoms with Gasteiger partial charge in [-0.25, -0.2) is 13.2 Å². The van der Waals surface area contributed by atoms with Crippen LogP contribution >= 0.6 is 0 Å². The summed E-state index contributed by atoms with van der Waals surface area (Å²) in [6.45, 7) is 4.39. The number of carbonyl (C=O) groups is 3. The van der Waals surface area contributed by atoms with E-state index in [4.69, 9.17) is 14.2 Å². The third kappa shape index (κ3) is 6.90. The molecule has 1 saturated heterocycles. The molecule has 0 N–H and O–H groups in total. The van der Waals surface area contributed by atoms with Crippen LogP contribution in [0.15, 0.2) is 118 Å². The number of hydrogen-bond acceptors (Lipinski definition) is 9. The Labute approximate surface area is 259 Å². The molecule has 230 valence electrons. The second kappa shape index (κ2) is 13.4. The van der Waals surface area contributed by atoms with Crippen LogP contribution in [0.4, 0.5) is 0 Å². The second-order valence-corrected chi connectivity index (χ2v) is 14.4. The van der Waals surface area contributed by atoms with Crippen LogP contribution < -0.4 is 0 Å². The summed E-state index contributed by atoms with van der Waals surface area (Å²) in [7, 11) is -4.52. The third-order valence-corrected chi connectivity index (χ3v) is 10.8. The number of carbonyl (C=O) groups excluding carboxylic acids is 3. The van der Waals surface area contributed by atoms with Crippen LogP contribution in [-0.2, 0) is 49.6 Å². The molecule has 0 aromatic heterocycles. The molecule has 0 amide bonds. The van der Waals surface area contributed by atoms with Crippen LogP contribution in [0.25, 0.3) is 0 Å². The second-order valence-electron chi connectivity index (χ2n) is 10.8. The van der Waals surface area contributed by atoms with Gasteiger partial charge in [0.15, 0.2) is 14.7 Å². The molecule has 3 aliphatic rings. The minimum atomic E-state index is -4.51. The van der Waals surface area contributed by atoms with Gasteiger partial charge in [-0.3, -0.25) is 9.59 Å². The van der Waals surface area contributed by atoms with Gasteiger partial charge >= 0.3 is 17.9 Å². The van der Waals surface area contributed by atoms with Crippen molar-refractivity contribution in [3.8, 4) is 0 Å². The number of ether oxygens (including phenoxy) is 3. The first kappa shape index (κ1) is 31.5. The zero-order chi connectivity index (χ0) is 31.4. The summed E-state index contributed by atoms with van der Waals surface area (Å²) < 4.78 is 47.3. The van der Waals surface area contributed by atoms with Crippen molar-refractivity contribution in [1.82, 2.24) is 0 Å². The van der Waals surface area contributed by atoms with Gasteiger partial charge in [0.1, 0.15) is 18.8 Å². The molecule has 3 aromatic rings. The quantitative estimate of drug-likeness (QED) is 0.112. The lowest BCUT2D eigenvalue weighted by molar-refractivity contribution is -0.162. The Morgan fingerprint density at radius 2 is 1.41 bits per heavy atom. The fourth-order valence-corrected chi connectivity index (χ4v) is 8.50. The molecule has 0 spiro atoms. The van der Waals surface area contributed by atoms with Crippen molar-refractivity contribution in [2.75, 3.05) is 12.4 Å². The minimum Gasteiger partial charge on any atom is -0.748 e. The maximum Gasteiger partial charge on any atom is 0.333 e. The maximum atomic E-state index is 12.3. The molecule has 2 saturated carbocycles. The first-order chi connectivity index (χ1) is 21.0. The molecule has 3 aromatic carbocycles. The summed E-state index contributed by atoms with van der Waals surface area (Å²) in [6.07, 6.45) is -0.885. The fraction of sp³-hybridized carbons (Fsp3) is 0.303. The zero-order valence-electron chi connectivity index (χ0n) is 23.9. The lowest BCUT2D eigenvalue weighted by Gasteiger charge is -2.30. The molecule has 6 atom stereocenters. The molecule has 2 bridgehead atoms.